The summed E-state index contributed by atoms with van der Waals surface area (Å²) in [5, 5.41) is 3.74. The molecule has 1 N–H and O–H groups in total. The predicted molar refractivity (Wildman–Crippen MR) is 88.5 cm³/mol. The van der Waals surface area contributed by atoms with Gasteiger partial charge < -0.3 is 5.32 Å². The lowest BCUT2D eigenvalue weighted by atomic mass is 10.0. The minimum absolute atomic E-state index is 0.505. The second-order valence-electron chi connectivity index (χ2n) is 6.93. The van der Waals surface area contributed by atoms with Gasteiger partial charge in [0.2, 0.25) is 0 Å². The van der Waals surface area contributed by atoms with Gasteiger partial charge in [-0.1, -0.05) is 30.3 Å². The van der Waals surface area contributed by atoms with E-state index in [0.29, 0.717) is 18.1 Å². The third kappa shape index (κ3) is 3.65. The van der Waals surface area contributed by atoms with Crippen LogP contribution in [0.4, 0.5) is 0 Å². The number of hydrogen-bond donors (Lipinski definition) is 1. The molecule has 0 spiro atoms. The molecule has 3 rings (SSSR count). The summed E-state index contributed by atoms with van der Waals surface area (Å²) in [5.74, 6) is 0. The molecule has 1 aromatic carbocycles. The molecule has 3 atom stereocenters. The lowest BCUT2D eigenvalue weighted by Gasteiger charge is -2.45. The van der Waals surface area contributed by atoms with Crippen molar-refractivity contribution in [1.29, 1.82) is 0 Å². The highest BCUT2D eigenvalue weighted by molar-refractivity contribution is 5.20. The summed E-state index contributed by atoms with van der Waals surface area (Å²) in [7, 11) is 2.26. The quantitative estimate of drug-likeness (QED) is 0.898. The Kier molecular flexibility index (Phi) is 4.63. The molecule has 1 aromatic rings. The highest BCUT2D eigenvalue weighted by Gasteiger charge is 2.32. The van der Waals surface area contributed by atoms with E-state index in [-0.39, 0.29) is 0 Å². The number of hydrogen-bond acceptors (Lipinski definition) is 3. The van der Waals surface area contributed by atoms with Gasteiger partial charge in [-0.15, -0.1) is 0 Å². The van der Waals surface area contributed by atoms with E-state index in [1.165, 1.54) is 18.4 Å². The molecule has 3 unspecified atom stereocenters. The Hall–Kier alpha value is -0.900. The normalized spacial score (nSPS) is 29.5. The Bertz CT molecular complexity index is 431. The molecule has 1 aliphatic carbocycles. The summed E-state index contributed by atoms with van der Waals surface area (Å²) in [6.45, 7) is 8.09. The molecule has 0 bridgehead atoms. The first-order chi connectivity index (χ1) is 10.1. The Labute approximate surface area is 129 Å². The molecule has 3 nitrogen and oxygen atoms in total. The maximum absolute atomic E-state index is 3.74. The number of likely N-dealkylation sites (N-methyl/N-ethyl adjacent to an activating group) is 1. The van der Waals surface area contributed by atoms with Gasteiger partial charge in [-0.25, -0.2) is 0 Å². The van der Waals surface area contributed by atoms with Gasteiger partial charge in [-0.3, -0.25) is 9.80 Å². The largest absolute Gasteiger partial charge is 0.312 e. The van der Waals surface area contributed by atoms with E-state index < -0.39 is 0 Å². The number of piperazine rings is 1. The zero-order chi connectivity index (χ0) is 14.8. The first-order valence-electron chi connectivity index (χ1n) is 8.39. The first kappa shape index (κ1) is 15.0. The number of nitrogens with one attached hydrogen (secondary N) is 1. The van der Waals surface area contributed by atoms with Crippen LogP contribution >= 0.6 is 0 Å². The van der Waals surface area contributed by atoms with Crippen molar-refractivity contribution in [3.05, 3.63) is 35.9 Å². The van der Waals surface area contributed by atoms with Crippen LogP contribution in [0.5, 0.6) is 0 Å². The molecule has 0 aromatic heterocycles. The van der Waals surface area contributed by atoms with Gasteiger partial charge in [0.15, 0.2) is 0 Å². The second kappa shape index (κ2) is 6.47. The van der Waals surface area contributed by atoms with Gasteiger partial charge in [0, 0.05) is 43.8 Å². The Morgan fingerprint density at radius 3 is 2.29 bits per heavy atom. The third-order valence-electron chi connectivity index (χ3n) is 5.19. The van der Waals surface area contributed by atoms with Crippen molar-refractivity contribution in [2.75, 3.05) is 26.7 Å². The van der Waals surface area contributed by atoms with Crippen molar-refractivity contribution in [3.63, 3.8) is 0 Å². The van der Waals surface area contributed by atoms with Crippen LogP contribution in [-0.4, -0.2) is 54.6 Å². The van der Waals surface area contributed by atoms with Gasteiger partial charge in [0.05, 0.1) is 0 Å². The van der Waals surface area contributed by atoms with Crippen LogP contribution in [0.2, 0.25) is 0 Å². The number of rotatable bonds is 5. The summed E-state index contributed by atoms with van der Waals surface area (Å²) in [5.41, 5.74) is 1.45. The fraction of sp³-hybridized carbons (Fsp3) is 0.667. The van der Waals surface area contributed by atoms with Crippen molar-refractivity contribution in [3.8, 4) is 0 Å². The predicted octanol–water partition coefficient (Wildman–Crippen LogP) is 2.50. The van der Waals surface area contributed by atoms with E-state index >= 15 is 0 Å². The summed E-state index contributed by atoms with van der Waals surface area (Å²) in [6.07, 6.45) is 2.72. The maximum atomic E-state index is 3.74. The molecule has 1 heterocycles. The average Bonchev–Trinajstić information content (AvgIpc) is 3.30. The summed E-state index contributed by atoms with van der Waals surface area (Å²) < 4.78 is 0. The zero-order valence-corrected chi connectivity index (χ0v) is 13.6. The highest BCUT2D eigenvalue weighted by atomic mass is 15.3. The molecule has 116 valence electrons. The van der Waals surface area contributed by atoms with Gasteiger partial charge in [0.1, 0.15) is 0 Å². The molecule has 21 heavy (non-hydrogen) atoms. The van der Waals surface area contributed by atoms with Crippen molar-refractivity contribution in [2.45, 2.75) is 50.9 Å². The minimum Gasteiger partial charge on any atom is -0.312 e. The van der Waals surface area contributed by atoms with Crippen molar-refractivity contribution in [1.82, 2.24) is 15.1 Å². The van der Waals surface area contributed by atoms with Crippen molar-refractivity contribution >= 4 is 0 Å². The minimum atomic E-state index is 0.505. The van der Waals surface area contributed by atoms with Crippen LogP contribution in [0.15, 0.2) is 30.3 Å². The molecule has 0 amide bonds. The standard InChI is InChI=1S/C18H29N3/c1-14-12-21(13-15(2)20(14)3)18(11-19-17-9-10-17)16-7-5-4-6-8-16/h4-8,14-15,17-19H,9-13H2,1-3H3. The van der Waals surface area contributed by atoms with E-state index in [1.807, 2.05) is 0 Å². The van der Waals surface area contributed by atoms with Gasteiger partial charge in [-0.05, 0) is 39.3 Å². The number of nitrogens with zero attached hydrogens (tertiary/aromatic N) is 2. The van der Waals surface area contributed by atoms with Crippen LogP contribution < -0.4 is 5.32 Å². The Morgan fingerprint density at radius 2 is 1.71 bits per heavy atom. The third-order valence-corrected chi connectivity index (χ3v) is 5.19. The van der Waals surface area contributed by atoms with Crippen LogP contribution in [0.3, 0.4) is 0 Å². The van der Waals surface area contributed by atoms with E-state index in [1.54, 1.807) is 0 Å². The monoisotopic (exact) mass is 287 g/mol. The molecule has 1 aliphatic heterocycles. The van der Waals surface area contributed by atoms with Crippen LogP contribution in [0, 0.1) is 0 Å². The fourth-order valence-corrected chi connectivity index (χ4v) is 3.40. The lowest BCUT2D eigenvalue weighted by molar-refractivity contribution is 0.0329. The molecule has 0 radical (unpaired) electrons. The van der Waals surface area contributed by atoms with Crippen molar-refractivity contribution in [2.24, 2.45) is 0 Å². The molecule has 2 aliphatic rings. The van der Waals surface area contributed by atoms with E-state index in [0.717, 1.165) is 25.7 Å². The van der Waals surface area contributed by atoms with Gasteiger partial charge >= 0.3 is 0 Å². The van der Waals surface area contributed by atoms with Crippen LogP contribution in [0.1, 0.15) is 38.3 Å². The smallest absolute Gasteiger partial charge is 0.0474 e. The van der Waals surface area contributed by atoms with E-state index in [2.05, 4.69) is 66.3 Å². The average molecular weight is 287 g/mol. The maximum Gasteiger partial charge on any atom is 0.0474 e. The summed E-state index contributed by atoms with van der Waals surface area (Å²) in [6, 6.07) is 13.6. The van der Waals surface area contributed by atoms with Crippen LogP contribution in [-0.2, 0) is 0 Å². The zero-order valence-electron chi connectivity index (χ0n) is 13.6. The Balaban J connectivity index is 1.74. The first-order valence-corrected chi connectivity index (χ1v) is 8.39. The van der Waals surface area contributed by atoms with E-state index in [4.69, 9.17) is 0 Å². The highest BCUT2D eigenvalue weighted by Crippen LogP contribution is 2.27. The topological polar surface area (TPSA) is 18.5 Å². The van der Waals surface area contributed by atoms with Gasteiger partial charge in [-0.2, -0.15) is 0 Å². The number of benzene rings is 1. The van der Waals surface area contributed by atoms with Crippen LogP contribution in [0.25, 0.3) is 0 Å². The van der Waals surface area contributed by atoms with Crippen molar-refractivity contribution < 1.29 is 0 Å². The van der Waals surface area contributed by atoms with E-state index in [9.17, 15) is 0 Å². The summed E-state index contributed by atoms with van der Waals surface area (Å²) >= 11 is 0. The molecule has 1 saturated heterocycles. The molecular formula is C18H29N3. The molecule has 3 heteroatoms. The molecular weight excluding hydrogens is 258 g/mol. The lowest BCUT2D eigenvalue weighted by Crippen LogP contribution is -2.56. The SMILES string of the molecule is CC1CN(C(CNC2CC2)c2ccccc2)CC(C)N1C. The molecule has 1 saturated carbocycles. The molecule has 2 fully saturated rings. The van der Waals surface area contributed by atoms with Gasteiger partial charge in [0.25, 0.3) is 0 Å². The summed E-state index contributed by atoms with van der Waals surface area (Å²) in [4.78, 5) is 5.19. The fourth-order valence-electron chi connectivity index (χ4n) is 3.40. The Morgan fingerprint density at radius 1 is 1.10 bits per heavy atom. The second-order valence-corrected chi connectivity index (χ2v) is 6.93.